The fourth-order valence-corrected chi connectivity index (χ4v) is 4.52. The quantitative estimate of drug-likeness (QED) is 0.503. The number of anilines is 1. The van der Waals surface area contributed by atoms with Crippen LogP contribution in [-0.2, 0) is 14.9 Å². The van der Waals surface area contributed by atoms with Gasteiger partial charge in [0, 0.05) is 17.5 Å². The van der Waals surface area contributed by atoms with Crippen LogP contribution in [0, 0.1) is 0 Å². The number of amides is 1. The molecule has 0 bridgehead atoms. The normalized spacial score (nSPS) is 20.4. The van der Waals surface area contributed by atoms with E-state index in [-0.39, 0.29) is 41.0 Å². The molecule has 12 heteroatoms. The van der Waals surface area contributed by atoms with Crippen LogP contribution in [-0.4, -0.2) is 41.7 Å². The first kappa shape index (κ1) is 23.9. The topological polar surface area (TPSA) is 118 Å². The Balaban J connectivity index is 1.36. The molecule has 38 heavy (non-hydrogen) atoms. The molecule has 196 valence electrons. The standard InChI is InChI=1S/C26H21F2N3O7/c1-25(12-36-19-11-21-20(9-16(19)25)37-26(27,28)38-21)24(34)29-18-10-17(13-6-7-13)30-31(22(18)32)15-5-3-4-14(8-15)23(33)35-2/h3-5,8-11,13H,6-7,12H2,1-2H3,(H,29,34)/t25-/m0/s1. The maximum Gasteiger partial charge on any atom is 0.586 e. The molecule has 2 aromatic carbocycles. The number of halogens is 2. The molecule has 1 atom stereocenters. The zero-order valence-corrected chi connectivity index (χ0v) is 20.2. The predicted molar refractivity (Wildman–Crippen MR) is 127 cm³/mol. The first-order valence-electron chi connectivity index (χ1n) is 11.8. The number of carbonyl (C=O) groups is 2. The third-order valence-corrected chi connectivity index (χ3v) is 6.80. The molecule has 3 heterocycles. The van der Waals surface area contributed by atoms with Crippen LogP contribution in [0.3, 0.4) is 0 Å². The maximum absolute atomic E-state index is 13.6. The third kappa shape index (κ3) is 3.92. The summed E-state index contributed by atoms with van der Waals surface area (Å²) in [7, 11) is 1.26. The summed E-state index contributed by atoms with van der Waals surface area (Å²) >= 11 is 0. The van der Waals surface area contributed by atoms with Crippen molar-refractivity contribution in [2.75, 3.05) is 19.0 Å². The van der Waals surface area contributed by atoms with E-state index in [1.807, 2.05) is 0 Å². The summed E-state index contributed by atoms with van der Waals surface area (Å²) in [5, 5.41) is 7.17. The molecule has 1 fully saturated rings. The second kappa shape index (κ2) is 8.27. The summed E-state index contributed by atoms with van der Waals surface area (Å²) in [5.74, 6) is -1.23. The number of ether oxygens (including phenoxy) is 4. The van der Waals surface area contributed by atoms with Crippen molar-refractivity contribution in [3.05, 3.63) is 69.6 Å². The zero-order valence-electron chi connectivity index (χ0n) is 20.2. The number of rotatable bonds is 5. The van der Waals surface area contributed by atoms with Crippen LogP contribution in [0.2, 0.25) is 0 Å². The van der Waals surface area contributed by atoms with Crippen molar-refractivity contribution in [1.29, 1.82) is 0 Å². The van der Waals surface area contributed by atoms with Crippen LogP contribution in [0.5, 0.6) is 17.2 Å². The number of nitrogens with one attached hydrogen (secondary N) is 1. The Labute approximate surface area is 214 Å². The molecule has 6 rings (SSSR count). The van der Waals surface area contributed by atoms with Crippen molar-refractivity contribution >= 4 is 17.6 Å². The first-order chi connectivity index (χ1) is 18.1. The smallest absolute Gasteiger partial charge is 0.492 e. The highest BCUT2D eigenvalue weighted by molar-refractivity contribution is 6.00. The van der Waals surface area contributed by atoms with Crippen molar-refractivity contribution in [2.24, 2.45) is 0 Å². The van der Waals surface area contributed by atoms with E-state index in [1.165, 1.54) is 25.3 Å². The van der Waals surface area contributed by atoms with Crippen LogP contribution >= 0.6 is 0 Å². The number of hydrogen-bond donors (Lipinski definition) is 1. The Morgan fingerprint density at radius 3 is 2.55 bits per heavy atom. The van der Waals surface area contributed by atoms with E-state index < -0.39 is 29.1 Å². The summed E-state index contributed by atoms with van der Waals surface area (Å²) in [6.07, 6.45) is -2.04. The number of esters is 1. The van der Waals surface area contributed by atoms with Crippen LogP contribution in [0.1, 0.15) is 47.3 Å². The van der Waals surface area contributed by atoms with E-state index in [0.29, 0.717) is 16.9 Å². The SMILES string of the molecule is COC(=O)c1cccc(-n2nc(C3CC3)cc(NC(=O)[C@@]3(C)COc4cc5c(cc43)OC(F)(F)O5)c2=O)c1. The van der Waals surface area contributed by atoms with Crippen molar-refractivity contribution < 1.29 is 37.3 Å². The second-order valence-corrected chi connectivity index (χ2v) is 9.55. The van der Waals surface area contributed by atoms with Gasteiger partial charge in [-0.1, -0.05) is 6.07 Å². The van der Waals surface area contributed by atoms with Crippen LogP contribution in [0.25, 0.3) is 5.69 Å². The fourth-order valence-electron chi connectivity index (χ4n) is 4.52. The van der Waals surface area contributed by atoms with Crippen LogP contribution < -0.4 is 25.1 Å². The summed E-state index contributed by atoms with van der Waals surface area (Å²) in [5.41, 5.74) is -0.464. The van der Waals surface area contributed by atoms with E-state index in [1.54, 1.807) is 31.2 Å². The molecule has 1 aliphatic carbocycles. The highest BCUT2D eigenvalue weighted by atomic mass is 19.3. The van der Waals surface area contributed by atoms with Crippen molar-refractivity contribution in [3.8, 4) is 22.9 Å². The monoisotopic (exact) mass is 525 g/mol. The van der Waals surface area contributed by atoms with E-state index in [4.69, 9.17) is 9.47 Å². The highest BCUT2D eigenvalue weighted by Crippen LogP contribution is 2.50. The van der Waals surface area contributed by atoms with Gasteiger partial charge in [0.1, 0.15) is 23.5 Å². The number of fused-ring (bicyclic) bond motifs is 2. The van der Waals surface area contributed by atoms with Crippen molar-refractivity contribution in [2.45, 2.75) is 37.4 Å². The first-order valence-corrected chi connectivity index (χ1v) is 11.8. The minimum Gasteiger partial charge on any atom is -0.492 e. The molecule has 0 radical (unpaired) electrons. The summed E-state index contributed by atoms with van der Waals surface area (Å²) in [6, 6.07) is 10.3. The molecule has 0 saturated heterocycles. The van der Waals surface area contributed by atoms with E-state index in [0.717, 1.165) is 17.5 Å². The number of carbonyl (C=O) groups excluding carboxylic acids is 2. The number of benzene rings is 2. The van der Waals surface area contributed by atoms with Crippen LogP contribution in [0.4, 0.5) is 14.5 Å². The van der Waals surface area contributed by atoms with Gasteiger partial charge >= 0.3 is 12.3 Å². The van der Waals surface area contributed by atoms with Gasteiger partial charge in [0.05, 0.1) is 24.1 Å². The predicted octanol–water partition coefficient (Wildman–Crippen LogP) is 3.51. The Bertz CT molecular complexity index is 1570. The lowest BCUT2D eigenvalue weighted by Crippen LogP contribution is -2.41. The second-order valence-electron chi connectivity index (χ2n) is 9.55. The molecule has 2 aliphatic heterocycles. The van der Waals surface area contributed by atoms with Crippen molar-refractivity contribution in [3.63, 3.8) is 0 Å². The number of hydrogen-bond acceptors (Lipinski definition) is 8. The lowest BCUT2D eigenvalue weighted by molar-refractivity contribution is -0.286. The molecular formula is C26H21F2N3O7. The fraction of sp³-hybridized carbons (Fsp3) is 0.308. The molecule has 3 aromatic rings. The Morgan fingerprint density at radius 2 is 1.84 bits per heavy atom. The number of aromatic nitrogens is 2. The van der Waals surface area contributed by atoms with Gasteiger partial charge < -0.3 is 24.3 Å². The Hall–Kier alpha value is -4.48. The van der Waals surface area contributed by atoms with Gasteiger partial charge in [-0.25, -0.2) is 4.79 Å². The van der Waals surface area contributed by atoms with Crippen LogP contribution in [0.15, 0.2) is 47.3 Å². The molecule has 0 unspecified atom stereocenters. The molecule has 1 amide bonds. The van der Waals surface area contributed by atoms with E-state index in [9.17, 15) is 23.2 Å². The Morgan fingerprint density at radius 1 is 1.11 bits per heavy atom. The average molecular weight is 525 g/mol. The van der Waals surface area contributed by atoms with Gasteiger partial charge in [-0.15, -0.1) is 8.78 Å². The van der Waals surface area contributed by atoms with Gasteiger partial charge in [0.25, 0.3) is 5.56 Å². The number of methoxy groups -OCH3 is 1. The lowest BCUT2D eigenvalue weighted by Gasteiger charge is -2.22. The molecule has 0 spiro atoms. The number of nitrogens with zero attached hydrogens (tertiary/aromatic N) is 2. The molecule has 3 aliphatic rings. The average Bonchev–Trinajstić information content (AvgIpc) is 3.63. The molecular weight excluding hydrogens is 504 g/mol. The summed E-state index contributed by atoms with van der Waals surface area (Å²) in [4.78, 5) is 39.0. The van der Waals surface area contributed by atoms with Gasteiger partial charge in [0.15, 0.2) is 11.5 Å². The van der Waals surface area contributed by atoms with E-state index in [2.05, 4.69) is 19.9 Å². The van der Waals surface area contributed by atoms with Gasteiger partial charge in [-0.2, -0.15) is 9.78 Å². The van der Waals surface area contributed by atoms with E-state index >= 15 is 0 Å². The maximum atomic E-state index is 13.6. The Kier molecular flexibility index (Phi) is 5.20. The molecule has 1 saturated carbocycles. The van der Waals surface area contributed by atoms with Gasteiger partial charge in [-0.05, 0) is 50.1 Å². The third-order valence-electron chi connectivity index (χ3n) is 6.80. The summed E-state index contributed by atoms with van der Waals surface area (Å²) < 4.78 is 47.6. The highest BCUT2D eigenvalue weighted by Gasteiger charge is 2.49. The van der Waals surface area contributed by atoms with Gasteiger partial charge in [0.2, 0.25) is 5.91 Å². The summed E-state index contributed by atoms with van der Waals surface area (Å²) in [6.45, 7) is 1.49. The van der Waals surface area contributed by atoms with Gasteiger partial charge in [-0.3, -0.25) is 9.59 Å². The molecule has 1 N–H and O–H groups in total. The minimum absolute atomic E-state index is 0.0164. The number of alkyl halides is 2. The zero-order chi connectivity index (χ0) is 26.8. The largest absolute Gasteiger partial charge is 0.586 e. The minimum atomic E-state index is -3.82. The molecule has 1 aromatic heterocycles. The lowest BCUT2D eigenvalue weighted by atomic mass is 9.83. The van der Waals surface area contributed by atoms with Crippen molar-refractivity contribution in [1.82, 2.24) is 9.78 Å². The molecule has 10 nitrogen and oxygen atoms in total.